The van der Waals surface area contributed by atoms with Gasteiger partial charge in [0.25, 0.3) is 5.91 Å². The first-order chi connectivity index (χ1) is 12.0. The maximum absolute atomic E-state index is 12.9. The van der Waals surface area contributed by atoms with E-state index >= 15 is 0 Å². The normalized spacial score (nSPS) is 21.3. The van der Waals surface area contributed by atoms with E-state index in [1.165, 1.54) is 0 Å². The number of nitrogens with zero attached hydrogens (tertiary/aromatic N) is 2. The van der Waals surface area contributed by atoms with Gasteiger partial charge in [-0.25, -0.2) is 4.98 Å². The van der Waals surface area contributed by atoms with Gasteiger partial charge in [-0.2, -0.15) is 0 Å². The number of oxazole rings is 1. The van der Waals surface area contributed by atoms with E-state index in [9.17, 15) is 14.7 Å². The van der Waals surface area contributed by atoms with Gasteiger partial charge in [0.05, 0.1) is 5.92 Å². The maximum atomic E-state index is 12.9. The van der Waals surface area contributed by atoms with Crippen molar-refractivity contribution >= 4 is 11.9 Å². The highest BCUT2D eigenvalue weighted by Crippen LogP contribution is 2.59. The number of aliphatic carboxylic acids is 1. The van der Waals surface area contributed by atoms with Crippen LogP contribution in [0.5, 0.6) is 0 Å². The summed E-state index contributed by atoms with van der Waals surface area (Å²) in [4.78, 5) is 30.2. The third-order valence-electron chi connectivity index (χ3n) is 5.51. The number of carbonyl (C=O) groups excluding carboxylic acids is 1. The van der Waals surface area contributed by atoms with Crippen LogP contribution >= 0.6 is 0 Å². The molecule has 6 nitrogen and oxygen atoms in total. The summed E-state index contributed by atoms with van der Waals surface area (Å²) in [5.74, 6) is -0.127. The summed E-state index contributed by atoms with van der Waals surface area (Å²) in [5.41, 5.74) is 1.07. The van der Waals surface area contributed by atoms with Crippen molar-refractivity contribution in [2.75, 3.05) is 13.1 Å². The Balaban J connectivity index is 1.52. The summed E-state index contributed by atoms with van der Waals surface area (Å²) in [6.07, 6.45) is 2.23. The lowest BCUT2D eigenvalue weighted by molar-refractivity contribution is -0.139. The SMILES string of the molecule is Cc1nc(C(=O)N2CCC3(CC2)CC3C(=O)O)c(-c2ccccc2)o1. The molecule has 1 saturated heterocycles. The van der Waals surface area contributed by atoms with Crippen molar-refractivity contribution in [3.8, 4) is 11.3 Å². The molecule has 1 saturated carbocycles. The second-order valence-corrected chi connectivity index (χ2v) is 7.03. The van der Waals surface area contributed by atoms with E-state index in [-0.39, 0.29) is 17.2 Å². The largest absolute Gasteiger partial charge is 0.481 e. The van der Waals surface area contributed by atoms with Crippen LogP contribution in [0.3, 0.4) is 0 Å². The Morgan fingerprint density at radius 1 is 1.24 bits per heavy atom. The molecule has 130 valence electrons. The summed E-state index contributed by atoms with van der Waals surface area (Å²) in [6, 6.07) is 9.48. The molecule has 1 atom stereocenters. The first-order valence-electron chi connectivity index (χ1n) is 8.55. The number of hydrogen-bond acceptors (Lipinski definition) is 4. The van der Waals surface area contributed by atoms with Gasteiger partial charge >= 0.3 is 5.97 Å². The van der Waals surface area contributed by atoms with Gasteiger partial charge < -0.3 is 14.4 Å². The number of carbonyl (C=O) groups is 2. The van der Waals surface area contributed by atoms with Crippen LogP contribution in [0.4, 0.5) is 0 Å². The summed E-state index contributed by atoms with van der Waals surface area (Å²) in [7, 11) is 0. The zero-order chi connectivity index (χ0) is 17.6. The van der Waals surface area contributed by atoms with E-state index in [4.69, 9.17) is 4.42 Å². The van der Waals surface area contributed by atoms with Gasteiger partial charge in [-0.15, -0.1) is 0 Å². The molecule has 1 aromatic heterocycles. The Hall–Kier alpha value is -2.63. The first-order valence-corrected chi connectivity index (χ1v) is 8.55. The number of piperidine rings is 1. The Morgan fingerprint density at radius 2 is 1.92 bits per heavy atom. The van der Waals surface area contributed by atoms with E-state index in [0.29, 0.717) is 30.4 Å². The fourth-order valence-corrected chi connectivity index (χ4v) is 3.91. The molecule has 2 aromatic rings. The molecule has 1 aliphatic heterocycles. The lowest BCUT2D eigenvalue weighted by atomic mass is 9.90. The minimum atomic E-state index is -0.710. The summed E-state index contributed by atoms with van der Waals surface area (Å²) in [5, 5.41) is 9.19. The van der Waals surface area contributed by atoms with Crippen molar-refractivity contribution < 1.29 is 19.1 Å². The van der Waals surface area contributed by atoms with E-state index in [0.717, 1.165) is 24.8 Å². The molecular formula is C19H20N2O4. The Labute approximate surface area is 145 Å². The lowest BCUT2D eigenvalue weighted by Gasteiger charge is -2.32. The molecule has 2 fully saturated rings. The average Bonchev–Trinajstić information content (AvgIpc) is 3.18. The van der Waals surface area contributed by atoms with Crippen molar-refractivity contribution in [2.24, 2.45) is 11.3 Å². The number of likely N-dealkylation sites (tertiary alicyclic amines) is 1. The van der Waals surface area contributed by atoms with Gasteiger partial charge in [0.1, 0.15) is 0 Å². The van der Waals surface area contributed by atoms with E-state index in [2.05, 4.69) is 4.98 Å². The fourth-order valence-electron chi connectivity index (χ4n) is 3.91. The van der Waals surface area contributed by atoms with Crippen LogP contribution < -0.4 is 0 Å². The Morgan fingerprint density at radius 3 is 2.52 bits per heavy atom. The van der Waals surface area contributed by atoms with Crippen LogP contribution in [0.25, 0.3) is 11.3 Å². The number of carboxylic acids is 1. The zero-order valence-corrected chi connectivity index (χ0v) is 14.1. The van der Waals surface area contributed by atoms with Crippen LogP contribution in [0.15, 0.2) is 34.7 Å². The minimum Gasteiger partial charge on any atom is -0.481 e. The molecule has 1 unspecified atom stereocenters. The molecular weight excluding hydrogens is 320 g/mol. The van der Waals surface area contributed by atoms with Gasteiger partial charge in [0, 0.05) is 25.6 Å². The molecule has 2 aliphatic rings. The van der Waals surface area contributed by atoms with Gasteiger partial charge in [-0.05, 0) is 24.7 Å². The number of rotatable bonds is 3. The molecule has 0 radical (unpaired) electrons. The molecule has 1 aromatic carbocycles. The second kappa shape index (κ2) is 5.72. The smallest absolute Gasteiger partial charge is 0.307 e. The maximum Gasteiger partial charge on any atom is 0.307 e. The fraction of sp³-hybridized carbons (Fsp3) is 0.421. The number of aromatic nitrogens is 1. The van der Waals surface area contributed by atoms with E-state index in [1.54, 1.807) is 11.8 Å². The molecule has 2 heterocycles. The summed E-state index contributed by atoms with van der Waals surface area (Å²) >= 11 is 0. The third kappa shape index (κ3) is 2.71. The summed E-state index contributed by atoms with van der Waals surface area (Å²) < 4.78 is 5.68. The number of benzene rings is 1. The quantitative estimate of drug-likeness (QED) is 0.928. The first kappa shape index (κ1) is 15.9. The number of aryl methyl sites for hydroxylation is 1. The Bertz CT molecular complexity index is 819. The number of hydrogen-bond donors (Lipinski definition) is 1. The number of amides is 1. The van der Waals surface area contributed by atoms with Crippen LogP contribution in [-0.2, 0) is 4.79 Å². The van der Waals surface area contributed by atoms with Gasteiger partial charge in [0.2, 0.25) is 0 Å². The van der Waals surface area contributed by atoms with Crippen LogP contribution in [0, 0.1) is 18.3 Å². The molecule has 25 heavy (non-hydrogen) atoms. The Kier molecular flexibility index (Phi) is 3.63. The standard InChI is InChI=1S/C19H20N2O4/c1-12-20-15(16(25-12)13-5-3-2-4-6-13)17(22)21-9-7-19(8-10-21)11-14(19)18(23)24/h2-6,14H,7-11H2,1H3,(H,23,24). The molecule has 1 N–H and O–H groups in total. The van der Waals surface area contributed by atoms with Crippen LogP contribution in [-0.4, -0.2) is 40.0 Å². The highest BCUT2D eigenvalue weighted by Gasteiger charge is 2.59. The minimum absolute atomic E-state index is 0.0926. The second-order valence-electron chi connectivity index (χ2n) is 7.03. The van der Waals surface area contributed by atoms with Gasteiger partial charge in [0.15, 0.2) is 17.3 Å². The van der Waals surface area contributed by atoms with Gasteiger partial charge in [-0.1, -0.05) is 30.3 Å². The van der Waals surface area contributed by atoms with Crippen molar-refractivity contribution in [2.45, 2.75) is 26.2 Å². The van der Waals surface area contributed by atoms with Gasteiger partial charge in [-0.3, -0.25) is 9.59 Å². The van der Waals surface area contributed by atoms with Crippen molar-refractivity contribution in [3.63, 3.8) is 0 Å². The number of carboxylic acid groups (broad SMARTS) is 1. The van der Waals surface area contributed by atoms with E-state index < -0.39 is 5.97 Å². The predicted octanol–water partition coefficient (Wildman–Crippen LogP) is 2.98. The highest BCUT2D eigenvalue weighted by molar-refractivity contribution is 5.97. The molecule has 1 spiro atoms. The summed E-state index contributed by atoms with van der Waals surface area (Å²) in [6.45, 7) is 2.88. The monoisotopic (exact) mass is 340 g/mol. The predicted molar refractivity (Wildman–Crippen MR) is 90.0 cm³/mol. The lowest BCUT2D eigenvalue weighted by Crippen LogP contribution is -2.40. The molecule has 6 heteroatoms. The zero-order valence-electron chi connectivity index (χ0n) is 14.1. The van der Waals surface area contributed by atoms with Crippen molar-refractivity contribution in [3.05, 3.63) is 41.9 Å². The molecule has 1 aliphatic carbocycles. The molecule has 4 rings (SSSR count). The van der Waals surface area contributed by atoms with E-state index in [1.807, 2.05) is 30.3 Å². The average molecular weight is 340 g/mol. The highest BCUT2D eigenvalue weighted by atomic mass is 16.4. The molecule has 0 bridgehead atoms. The van der Waals surface area contributed by atoms with Crippen molar-refractivity contribution in [1.29, 1.82) is 0 Å². The van der Waals surface area contributed by atoms with Crippen molar-refractivity contribution in [1.82, 2.24) is 9.88 Å². The topological polar surface area (TPSA) is 83.6 Å². The third-order valence-corrected chi connectivity index (χ3v) is 5.51. The van der Waals surface area contributed by atoms with Crippen LogP contribution in [0.1, 0.15) is 35.6 Å². The molecule has 1 amide bonds. The van der Waals surface area contributed by atoms with Crippen LogP contribution in [0.2, 0.25) is 0 Å².